The van der Waals surface area contributed by atoms with Crippen molar-refractivity contribution >= 4 is 35.4 Å². The second kappa shape index (κ2) is 12.6. The van der Waals surface area contributed by atoms with Crippen molar-refractivity contribution in [3.63, 3.8) is 0 Å². The van der Waals surface area contributed by atoms with Gasteiger partial charge in [0, 0.05) is 11.4 Å². The number of hydrogen-bond donors (Lipinski definition) is 3. The number of carboxylic acids is 1. The van der Waals surface area contributed by atoms with E-state index in [1.165, 1.54) is 16.9 Å². The van der Waals surface area contributed by atoms with Crippen LogP contribution in [0.2, 0.25) is 0 Å². The molecular formula is C27H34N2O5S. The fourth-order valence-corrected chi connectivity index (χ4v) is 5.70. The van der Waals surface area contributed by atoms with Gasteiger partial charge in [0.15, 0.2) is 0 Å². The van der Waals surface area contributed by atoms with Crippen LogP contribution in [0.1, 0.15) is 73.3 Å². The molecule has 7 nitrogen and oxygen atoms in total. The highest BCUT2D eigenvalue weighted by molar-refractivity contribution is 7.10. The summed E-state index contributed by atoms with van der Waals surface area (Å²) in [6, 6.07) is 10.9. The van der Waals surface area contributed by atoms with E-state index in [4.69, 9.17) is 5.11 Å². The smallest absolute Gasteiger partial charge is 0.305 e. The van der Waals surface area contributed by atoms with Crippen molar-refractivity contribution in [1.82, 2.24) is 10.6 Å². The summed E-state index contributed by atoms with van der Waals surface area (Å²) in [5.74, 6) is -1.87. The van der Waals surface area contributed by atoms with Crippen LogP contribution in [0.3, 0.4) is 0 Å². The number of carbonyl (C=O) groups excluding carboxylic acids is 3. The largest absolute Gasteiger partial charge is 0.481 e. The number of benzene rings is 1. The molecular weight excluding hydrogens is 464 g/mol. The summed E-state index contributed by atoms with van der Waals surface area (Å²) in [4.78, 5) is 49.1. The Morgan fingerprint density at radius 3 is 2.43 bits per heavy atom. The standard InChI is InChI=1S/C27H34N2O5S/c1-19-9-11-20(12-10-19)27(13-3-4-14-27)26(34)28-15-5-2-7-22(23-8-6-16-35-23)25(33)29-21(18-30)17-24(31)32/h6,8-12,16,18,21-22H,2-5,7,13-15,17H2,1H3,(H,28,34)(H,29,33)(H,31,32)/t21-,22?/m0/s1. The van der Waals surface area contributed by atoms with Gasteiger partial charge in [-0.25, -0.2) is 0 Å². The Balaban J connectivity index is 1.54. The zero-order chi connectivity index (χ0) is 25.3. The number of aryl methyl sites for hydroxylation is 1. The average molecular weight is 499 g/mol. The van der Waals surface area contributed by atoms with Crippen molar-refractivity contribution in [2.45, 2.75) is 75.7 Å². The van der Waals surface area contributed by atoms with Gasteiger partial charge in [-0.2, -0.15) is 0 Å². The molecule has 8 heteroatoms. The van der Waals surface area contributed by atoms with Crippen molar-refractivity contribution < 1.29 is 24.3 Å². The minimum Gasteiger partial charge on any atom is -0.481 e. The predicted molar refractivity (Wildman–Crippen MR) is 135 cm³/mol. The minimum atomic E-state index is -1.14. The van der Waals surface area contributed by atoms with Crippen LogP contribution in [-0.4, -0.2) is 41.8 Å². The van der Waals surface area contributed by atoms with E-state index in [1.54, 1.807) is 0 Å². The van der Waals surface area contributed by atoms with Crippen LogP contribution in [0.25, 0.3) is 0 Å². The molecule has 0 radical (unpaired) electrons. The normalized spacial score (nSPS) is 16.3. The first kappa shape index (κ1) is 26.6. The number of aldehydes is 1. The second-order valence-corrected chi connectivity index (χ2v) is 10.3. The molecule has 1 fully saturated rings. The van der Waals surface area contributed by atoms with Crippen molar-refractivity contribution in [2.75, 3.05) is 6.54 Å². The zero-order valence-electron chi connectivity index (χ0n) is 20.1. The maximum atomic E-state index is 13.2. The SMILES string of the molecule is Cc1ccc(C2(C(=O)NCCCCC(C(=O)N[C@H](C=O)CC(=O)O)c3cccs3)CCCC2)cc1. The topological polar surface area (TPSA) is 113 Å². The summed E-state index contributed by atoms with van der Waals surface area (Å²) in [6.45, 7) is 2.57. The highest BCUT2D eigenvalue weighted by Gasteiger charge is 2.42. The number of unbranched alkanes of at least 4 members (excludes halogenated alkanes) is 1. The lowest BCUT2D eigenvalue weighted by molar-refractivity contribution is -0.139. The first-order valence-corrected chi connectivity index (χ1v) is 13.1. The first-order chi connectivity index (χ1) is 16.9. The highest BCUT2D eigenvalue weighted by atomic mass is 32.1. The molecule has 0 spiro atoms. The maximum Gasteiger partial charge on any atom is 0.305 e. The molecule has 1 heterocycles. The number of rotatable bonds is 13. The number of thiophene rings is 1. The van der Waals surface area contributed by atoms with E-state index < -0.39 is 29.8 Å². The predicted octanol–water partition coefficient (Wildman–Crippen LogP) is 4.10. The Morgan fingerprint density at radius 1 is 1.11 bits per heavy atom. The summed E-state index contributed by atoms with van der Waals surface area (Å²) in [7, 11) is 0. The van der Waals surface area contributed by atoms with Gasteiger partial charge in [0.05, 0.1) is 23.8 Å². The van der Waals surface area contributed by atoms with Gasteiger partial charge in [-0.3, -0.25) is 14.4 Å². The molecule has 0 saturated heterocycles. The molecule has 3 rings (SSSR count). The van der Waals surface area contributed by atoms with Crippen LogP contribution < -0.4 is 10.6 Å². The van der Waals surface area contributed by atoms with Gasteiger partial charge in [-0.15, -0.1) is 11.3 Å². The van der Waals surface area contributed by atoms with Gasteiger partial charge in [0.2, 0.25) is 11.8 Å². The van der Waals surface area contributed by atoms with E-state index >= 15 is 0 Å². The molecule has 188 valence electrons. The van der Waals surface area contributed by atoms with Crippen LogP contribution in [0.15, 0.2) is 41.8 Å². The fraction of sp³-hybridized carbons (Fsp3) is 0.481. The van der Waals surface area contributed by atoms with Gasteiger partial charge < -0.3 is 20.5 Å². The molecule has 2 aromatic rings. The summed E-state index contributed by atoms with van der Waals surface area (Å²) < 4.78 is 0. The van der Waals surface area contributed by atoms with E-state index in [2.05, 4.69) is 34.9 Å². The Morgan fingerprint density at radius 2 is 1.83 bits per heavy atom. The van der Waals surface area contributed by atoms with Gasteiger partial charge in [-0.05, 0) is 49.6 Å². The summed E-state index contributed by atoms with van der Waals surface area (Å²) in [5.41, 5.74) is 1.80. The lowest BCUT2D eigenvalue weighted by atomic mass is 9.77. The molecule has 2 atom stereocenters. The number of amides is 2. The molecule has 0 bridgehead atoms. The van der Waals surface area contributed by atoms with Gasteiger partial charge in [0.25, 0.3) is 0 Å². The van der Waals surface area contributed by atoms with Gasteiger partial charge in [-0.1, -0.05) is 55.2 Å². The highest BCUT2D eigenvalue weighted by Crippen LogP contribution is 2.41. The molecule has 1 aromatic carbocycles. The molecule has 1 saturated carbocycles. The summed E-state index contributed by atoms with van der Waals surface area (Å²) >= 11 is 1.46. The fourth-order valence-electron chi connectivity index (χ4n) is 4.84. The van der Waals surface area contributed by atoms with Crippen LogP contribution >= 0.6 is 11.3 Å². The van der Waals surface area contributed by atoms with E-state index in [0.717, 1.165) is 42.5 Å². The Bertz CT molecular complexity index is 997. The first-order valence-electron chi connectivity index (χ1n) is 12.2. The number of carboxylic acid groups (broad SMARTS) is 1. The number of hydrogen-bond acceptors (Lipinski definition) is 5. The average Bonchev–Trinajstić information content (AvgIpc) is 3.54. The lowest BCUT2D eigenvalue weighted by Gasteiger charge is -2.28. The third-order valence-corrected chi connectivity index (χ3v) is 7.78. The summed E-state index contributed by atoms with van der Waals surface area (Å²) in [5, 5.41) is 16.5. The van der Waals surface area contributed by atoms with Crippen LogP contribution in [0.5, 0.6) is 0 Å². The monoisotopic (exact) mass is 498 g/mol. The van der Waals surface area contributed by atoms with Crippen LogP contribution in [0, 0.1) is 6.92 Å². The number of aliphatic carboxylic acids is 1. The third kappa shape index (κ3) is 7.01. The summed E-state index contributed by atoms with van der Waals surface area (Å²) in [6.07, 6.45) is 5.79. The molecule has 3 N–H and O–H groups in total. The third-order valence-electron chi connectivity index (χ3n) is 6.79. The molecule has 0 aliphatic heterocycles. The molecule has 2 amide bonds. The lowest BCUT2D eigenvalue weighted by Crippen LogP contribution is -2.43. The van der Waals surface area contributed by atoms with Gasteiger partial charge in [0.1, 0.15) is 6.29 Å². The molecule has 1 aliphatic carbocycles. The second-order valence-electron chi connectivity index (χ2n) is 9.32. The molecule has 1 unspecified atom stereocenters. The zero-order valence-corrected chi connectivity index (χ0v) is 20.9. The molecule has 1 aliphatic rings. The quantitative estimate of drug-likeness (QED) is 0.284. The Hall–Kier alpha value is -3.00. The van der Waals surface area contributed by atoms with E-state index in [9.17, 15) is 19.2 Å². The van der Waals surface area contributed by atoms with Crippen LogP contribution in [0.4, 0.5) is 0 Å². The minimum absolute atomic E-state index is 0.0777. The van der Waals surface area contributed by atoms with Crippen molar-refractivity contribution in [3.8, 4) is 0 Å². The van der Waals surface area contributed by atoms with Crippen molar-refractivity contribution in [1.29, 1.82) is 0 Å². The van der Waals surface area contributed by atoms with E-state index in [-0.39, 0.29) is 11.8 Å². The van der Waals surface area contributed by atoms with Crippen LogP contribution in [-0.2, 0) is 24.6 Å². The van der Waals surface area contributed by atoms with Crippen molar-refractivity contribution in [2.24, 2.45) is 0 Å². The maximum absolute atomic E-state index is 13.2. The van der Waals surface area contributed by atoms with E-state index in [0.29, 0.717) is 25.7 Å². The Labute approximate surface area is 210 Å². The molecule has 35 heavy (non-hydrogen) atoms. The number of nitrogens with one attached hydrogen (secondary N) is 2. The number of carbonyl (C=O) groups is 4. The van der Waals surface area contributed by atoms with Crippen molar-refractivity contribution in [3.05, 3.63) is 57.8 Å². The van der Waals surface area contributed by atoms with E-state index in [1.807, 2.05) is 24.4 Å². The molecule has 1 aromatic heterocycles. The van der Waals surface area contributed by atoms with Gasteiger partial charge >= 0.3 is 5.97 Å². The Kier molecular flexibility index (Phi) is 9.60.